The van der Waals surface area contributed by atoms with E-state index in [0.29, 0.717) is 6.42 Å². The molecule has 0 fully saturated rings. The van der Waals surface area contributed by atoms with Crippen LogP contribution in [-0.4, -0.2) is 5.78 Å². The van der Waals surface area contributed by atoms with Crippen LogP contribution in [0.25, 0.3) is 0 Å². The normalized spacial score (nSPS) is 12.2. The molecule has 0 spiro atoms. The molecule has 20 heavy (non-hydrogen) atoms. The van der Waals surface area contributed by atoms with E-state index in [1.54, 1.807) is 25.1 Å². The van der Waals surface area contributed by atoms with Crippen molar-refractivity contribution in [3.8, 4) is 0 Å². The van der Waals surface area contributed by atoms with Crippen molar-refractivity contribution in [2.75, 3.05) is 0 Å². The fourth-order valence-corrected chi connectivity index (χ4v) is 2.02. The third-order valence-electron chi connectivity index (χ3n) is 3.22. The molecule has 2 N–H and O–H groups in total. The van der Waals surface area contributed by atoms with Gasteiger partial charge in [0.2, 0.25) is 0 Å². The second-order valence-corrected chi connectivity index (χ2v) is 4.54. The van der Waals surface area contributed by atoms with Gasteiger partial charge in [-0.3, -0.25) is 4.79 Å². The van der Waals surface area contributed by atoms with Crippen LogP contribution in [0.15, 0.2) is 42.5 Å². The Kier molecular flexibility index (Phi) is 4.25. The lowest BCUT2D eigenvalue weighted by atomic mass is 9.96. The number of hydrogen-bond acceptors (Lipinski definition) is 2. The first kappa shape index (κ1) is 14.3. The summed E-state index contributed by atoms with van der Waals surface area (Å²) in [7, 11) is 0. The van der Waals surface area contributed by atoms with Gasteiger partial charge in [-0.25, -0.2) is 8.78 Å². The van der Waals surface area contributed by atoms with Crippen LogP contribution in [0.5, 0.6) is 0 Å². The summed E-state index contributed by atoms with van der Waals surface area (Å²) < 4.78 is 28.2. The molecule has 0 heterocycles. The molecule has 0 bridgehead atoms. The summed E-state index contributed by atoms with van der Waals surface area (Å²) >= 11 is 0. The minimum absolute atomic E-state index is 0.160. The molecule has 0 aliphatic rings. The van der Waals surface area contributed by atoms with E-state index in [-0.39, 0.29) is 11.1 Å². The van der Waals surface area contributed by atoms with Crippen molar-refractivity contribution in [2.24, 2.45) is 5.73 Å². The van der Waals surface area contributed by atoms with E-state index in [4.69, 9.17) is 5.73 Å². The van der Waals surface area contributed by atoms with Gasteiger partial charge in [-0.2, -0.15) is 0 Å². The fraction of sp³-hybridized carbons (Fsp3) is 0.188. The maximum Gasteiger partial charge on any atom is 0.198 e. The Morgan fingerprint density at radius 2 is 1.80 bits per heavy atom. The van der Waals surface area contributed by atoms with E-state index in [2.05, 4.69) is 0 Å². The molecule has 0 aliphatic heterocycles. The zero-order chi connectivity index (χ0) is 14.7. The van der Waals surface area contributed by atoms with Gasteiger partial charge in [-0.15, -0.1) is 0 Å². The predicted molar refractivity (Wildman–Crippen MR) is 73.5 cm³/mol. The minimum atomic E-state index is -0.872. The van der Waals surface area contributed by atoms with Crippen molar-refractivity contribution >= 4 is 5.78 Å². The Morgan fingerprint density at radius 3 is 2.40 bits per heavy atom. The Balaban J connectivity index is 2.54. The molecule has 2 aromatic carbocycles. The zero-order valence-corrected chi connectivity index (χ0v) is 11.1. The van der Waals surface area contributed by atoms with Crippen molar-refractivity contribution in [3.05, 3.63) is 70.8 Å². The Bertz CT molecular complexity index is 626. The van der Waals surface area contributed by atoms with E-state index >= 15 is 0 Å². The third kappa shape index (κ3) is 2.60. The summed E-state index contributed by atoms with van der Waals surface area (Å²) in [5.41, 5.74) is 5.64. The predicted octanol–water partition coefficient (Wildman–Crippen LogP) is 3.61. The van der Waals surface area contributed by atoms with E-state index in [0.717, 1.165) is 6.07 Å². The smallest absolute Gasteiger partial charge is 0.198 e. The summed E-state index contributed by atoms with van der Waals surface area (Å²) in [5, 5.41) is 0. The molecule has 0 aromatic heterocycles. The number of halogens is 2. The van der Waals surface area contributed by atoms with Gasteiger partial charge in [0.1, 0.15) is 11.6 Å². The van der Waals surface area contributed by atoms with Crippen molar-refractivity contribution in [1.29, 1.82) is 0 Å². The molecule has 0 saturated heterocycles. The van der Waals surface area contributed by atoms with E-state index in [1.807, 2.05) is 0 Å². The highest BCUT2D eigenvalue weighted by atomic mass is 19.1. The van der Waals surface area contributed by atoms with Crippen LogP contribution in [0.4, 0.5) is 8.78 Å². The molecule has 2 rings (SSSR count). The van der Waals surface area contributed by atoms with Crippen molar-refractivity contribution < 1.29 is 13.6 Å². The zero-order valence-electron chi connectivity index (χ0n) is 11.1. The van der Waals surface area contributed by atoms with Crippen LogP contribution in [0.3, 0.4) is 0 Å². The van der Waals surface area contributed by atoms with Crippen molar-refractivity contribution in [3.63, 3.8) is 0 Å². The molecule has 0 saturated carbocycles. The van der Waals surface area contributed by atoms with Gasteiger partial charge in [0.15, 0.2) is 5.78 Å². The first-order chi connectivity index (χ1) is 9.56. The van der Waals surface area contributed by atoms with E-state index in [9.17, 15) is 13.6 Å². The number of carbonyl (C=O) groups is 1. The lowest BCUT2D eigenvalue weighted by Gasteiger charge is -2.13. The average Bonchev–Trinajstić information content (AvgIpc) is 2.47. The largest absolute Gasteiger partial charge is 0.324 e. The molecular formula is C16H15F2NO. The summed E-state index contributed by atoms with van der Waals surface area (Å²) in [4.78, 5) is 12.2. The Labute approximate surface area is 116 Å². The number of rotatable bonds is 4. The summed E-state index contributed by atoms with van der Waals surface area (Å²) in [6.45, 7) is 1.80. The average molecular weight is 275 g/mol. The highest BCUT2D eigenvalue weighted by Gasteiger charge is 2.23. The highest BCUT2D eigenvalue weighted by molar-refractivity contribution is 6.09. The topological polar surface area (TPSA) is 43.1 Å². The van der Waals surface area contributed by atoms with Gasteiger partial charge in [-0.1, -0.05) is 43.3 Å². The molecule has 0 unspecified atom stereocenters. The van der Waals surface area contributed by atoms with Crippen LogP contribution < -0.4 is 5.73 Å². The number of hydrogen-bond donors (Lipinski definition) is 1. The number of carbonyl (C=O) groups excluding carboxylic acids is 1. The molecule has 4 heteroatoms. The third-order valence-corrected chi connectivity index (χ3v) is 3.22. The van der Waals surface area contributed by atoms with Crippen LogP contribution in [0.1, 0.15) is 40.9 Å². The summed E-state index contributed by atoms with van der Waals surface area (Å²) in [6.07, 6.45) is 0.502. The van der Waals surface area contributed by atoms with Gasteiger partial charge in [0, 0.05) is 17.2 Å². The Hall–Kier alpha value is -2.07. The molecule has 104 valence electrons. The standard InChI is InChI=1S/C16H15F2NO/c1-2-13(19)11-8-9-12(17)14(15(11)18)16(20)10-6-4-3-5-7-10/h3-9,13H,2,19H2,1H3/t13-/m1/s1. The lowest BCUT2D eigenvalue weighted by Crippen LogP contribution is -2.15. The monoisotopic (exact) mass is 275 g/mol. The van der Waals surface area contributed by atoms with E-state index < -0.39 is 29.0 Å². The van der Waals surface area contributed by atoms with Gasteiger partial charge >= 0.3 is 0 Å². The maximum atomic E-state index is 14.4. The van der Waals surface area contributed by atoms with Crippen LogP contribution in [0, 0.1) is 11.6 Å². The number of nitrogens with two attached hydrogens (primary N) is 1. The molecular weight excluding hydrogens is 260 g/mol. The van der Waals surface area contributed by atoms with Crippen molar-refractivity contribution in [2.45, 2.75) is 19.4 Å². The summed E-state index contributed by atoms with van der Waals surface area (Å²) in [6, 6.07) is 9.88. The number of ketones is 1. The van der Waals surface area contributed by atoms with Crippen molar-refractivity contribution in [1.82, 2.24) is 0 Å². The first-order valence-corrected chi connectivity index (χ1v) is 6.39. The molecule has 2 nitrogen and oxygen atoms in total. The van der Waals surface area contributed by atoms with Crippen LogP contribution in [0.2, 0.25) is 0 Å². The van der Waals surface area contributed by atoms with Crippen LogP contribution >= 0.6 is 0 Å². The van der Waals surface area contributed by atoms with Gasteiger partial charge < -0.3 is 5.73 Å². The van der Waals surface area contributed by atoms with E-state index in [1.165, 1.54) is 18.2 Å². The Morgan fingerprint density at radius 1 is 1.15 bits per heavy atom. The maximum absolute atomic E-state index is 14.4. The molecule has 0 aliphatic carbocycles. The van der Waals surface area contributed by atoms with Gasteiger partial charge in [0.25, 0.3) is 0 Å². The minimum Gasteiger partial charge on any atom is -0.324 e. The van der Waals surface area contributed by atoms with Crippen LogP contribution in [-0.2, 0) is 0 Å². The first-order valence-electron chi connectivity index (χ1n) is 6.39. The lowest BCUT2D eigenvalue weighted by molar-refractivity contribution is 0.103. The number of benzene rings is 2. The molecule has 0 amide bonds. The summed E-state index contributed by atoms with van der Waals surface area (Å²) in [5.74, 6) is -2.41. The SMILES string of the molecule is CC[C@@H](N)c1ccc(F)c(C(=O)c2ccccc2)c1F. The van der Waals surface area contributed by atoms with Gasteiger partial charge in [0.05, 0.1) is 5.56 Å². The van der Waals surface area contributed by atoms with Gasteiger partial charge in [-0.05, 0) is 12.5 Å². The molecule has 0 radical (unpaired) electrons. The second-order valence-electron chi connectivity index (χ2n) is 4.54. The molecule has 1 atom stereocenters. The fourth-order valence-electron chi connectivity index (χ4n) is 2.02. The molecule has 2 aromatic rings. The highest BCUT2D eigenvalue weighted by Crippen LogP contribution is 2.25. The second kappa shape index (κ2) is 5.92. The quantitative estimate of drug-likeness (QED) is 0.866.